The van der Waals surface area contributed by atoms with E-state index in [0.29, 0.717) is 5.03 Å². The minimum Gasteiger partial charge on any atom is -0.466 e. The van der Waals surface area contributed by atoms with Gasteiger partial charge < -0.3 is 4.74 Å². The highest BCUT2D eigenvalue weighted by Gasteiger charge is 1.93. The van der Waals surface area contributed by atoms with Crippen LogP contribution in [0, 0.1) is 0 Å². The van der Waals surface area contributed by atoms with Crippen LogP contribution in [0.2, 0.25) is 0 Å². The molecular weight excluding hydrogens is 176 g/mol. The molecule has 0 spiro atoms. The van der Waals surface area contributed by atoms with Crippen molar-refractivity contribution in [1.82, 2.24) is 0 Å². The largest absolute Gasteiger partial charge is 0.466 e. The SMILES string of the molecule is C=C/C(Cl)=C(C)/C=C/C(=O)OC. The molecule has 66 valence electrons. The zero-order valence-corrected chi connectivity index (χ0v) is 7.89. The van der Waals surface area contributed by atoms with E-state index in [-0.39, 0.29) is 0 Å². The van der Waals surface area contributed by atoms with E-state index in [1.54, 1.807) is 13.0 Å². The van der Waals surface area contributed by atoms with Crippen molar-refractivity contribution < 1.29 is 9.53 Å². The predicted octanol–water partition coefficient (Wildman–Crippen LogP) is 2.41. The van der Waals surface area contributed by atoms with Crippen LogP contribution in [0.3, 0.4) is 0 Å². The molecule has 0 fully saturated rings. The second-order valence-corrected chi connectivity index (χ2v) is 2.50. The number of ether oxygens (including phenoxy) is 1. The van der Waals surface area contributed by atoms with Crippen molar-refractivity contribution in [1.29, 1.82) is 0 Å². The predicted molar refractivity (Wildman–Crippen MR) is 49.9 cm³/mol. The van der Waals surface area contributed by atoms with Gasteiger partial charge in [-0.3, -0.25) is 0 Å². The van der Waals surface area contributed by atoms with E-state index in [1.165, 1.54) is 19.3 Å². The summed E-state index contributed by atoms with van der Waals surface area (Å²) in [4.78, 5) is 10.6. The van der Waals surface area contributed by atoms with E-state index >= 15 is 0 Å². The Hall–Kier alpha value is -1.02. The van der Waals surface area contributed by atoms with Crippen LogP contribution < -0.4 is 0 Å². The van der Waals surface area contributed by atoms with Gasteiger partial charge in [-0.05, 0) is 12.5 Å². The monoisotopic (exact) mass is 186 g/mol. The van der Waals surface area contributed by atoms with Gasteiger partial charge in [0.25, 0.3) is 0 Å². The lowest BCUT2D eigenvalue weighted by molar-refractivity contribution is -0.134. The summed E-state index contributed by atoms with van der Waals surface area (Å²) < 4.78 is 4.40. The van der Waals surface area contributed by atoms with Gasteiger partial charge in [-0.15, -0.1) is 0 Å². The average Bonchev–Trinajstić information content (AvgIpc) is 2.11. The average molecular weight is 187 g/mol. The molecule has 0 unspecified atom stereocenters. The molecule has 0 aromatic carbocycles. The Morgan fingerprint density at radius 2 is 2.08 bits per heavy atom. The van der Waals surface area contributed by atoms with Gasteiger partial charge in [-0.25, -0.2) is 4.79 Å². The zero-order chi connectivity index (χ0) is 9.56. The van der Waals surface area contributed by atoms with E-state index in [0.717, 1.165) is 5.57 Å². The lowest BCUT2D eigenvalue weighted by Crippen LogP contribution is -1.93. The van der Waals surface area contributed by atoms with Gasteiger partial charge in [-0.1, -0.05) is 30.3 Å². The molecule has 0 N–H and O–H groups in total. The first-order valence-electron chi connectivity index (χ1n) is 3.36. The molecule has 0 bridgehead atoms. The Bertz CT molecular complexity index is 239. The number of carbonyl (C=O) groups excluding carboxylic acids is 1. The van der Waals surface area contributed by atoms with Crippen molar-refractivity contribution in [2.45, 2.75) is 6.92 Å². The van der Waals surface area contributed by atoms with Crippen molar-refractivity contribution in [2.75, 3.05) is 7.11 Å². The van der Waals surface area contributed by atoms with Gasteiger partial charge in [0, 0.05) is 11.1 Å². The molecule has 0 rings (SSSR count). The van der Waals surface area contributed by atoms with Crippen LogP contribution in [-0.4, -0.2) is 13.1 Å². The number of rotatable bonds is 3. The third-order valence-corrected chi connectivity index (χ3v) is 1.68. The second-order valence-electron chi connectivity index (χ2n) is 2.09. The summed E-state index contributed by atoms with van der Waals surface area (Å²) in [7, 11) is 1.32. The third kappa shape index (κ3) is 3.98. The maximum atomic E-state index is 10.6. The highest BCUT2D eigenvalue weighted by molar-refractivity contribution is 6.31. The molecule has 0 aromatic heterocycles. The molecule has 0 amide bonds. The van der Waals surface area contributed by atoms with Crippen molar-refractivity contribution in [2.24, 2.45) is 0 Å². The summed E-state index contributed by atoms with van der Waals surface area (Å²) in [6.07, 6.45) is 4.40. The smallest absolute Gasteiger partial charge is 0.330 e. The second kappa shape index (κ2) is 5.61. The first kappa shape index (κ1) is 11.0. The van der Waals surface area contributed by atoms with Crippen LogP contribution in [0.1, 0.15) is 6.92 Å². The molecule has 0 radical (unpaired) electrons. The van der Waals surface area contributed by atoms with E-state index < -0.39 is 5.97 Å². The number of hydrogen-bond donors (Lipinski definition) is 0. The standard InChI is InChI=1S/C9H11ClO2/c1-4-8(10)7(2)5-6-9(11)12-3/h4-6H,1H2,2-3H3/b6-5+,8-7-. The normalized spacial score (nSPS) is 12.6. The van der Waals surface area contributed by atoms with Crippen LogP contribution in [0.15, 0.2) is 35.4 Å². The number of carbonyl (C=O) groups is 1. The minimum absolute atomic E-state index is 0.400. The molecule has 0 aliphatic rings. The van der Waals surface area contributed by atoms with Gasteiger partial charge in [0.2, 0.25) is 0 Å². The fourth-order valence-corrected chi connectivity index (χ4v) is 0.565. The fraction of sp³-hybridized carbons (Fsp3) is 0.222. The first-order chi connectivity index (χ1) is 5.61. The Kier molecular flexibility index (Phi) is 5.13. The Morgan fingerprint density at radius 3 is 2.50 bits per heavy atom. The van der Waals surface area contributed by atoms with Crippen molar-refractivity contribution >= 4 is 17.6 Å². The molecule has 0 aromatic rings. The maximum absolute atomic E-state index is 10.6. The topological polar surface area (TPSA) is 26.3 Å². The summed E-state index contributed by atoms with van der Waals surface area (Å²) in [6, 6.07) is 0. The zero-order valence-electron chi connectivity index (χ0n) is 7.13. The molecule has 0 saturated carbocycles. The maximum Gasteiger partial charge on any atom is 0.330 e. The molecule has 0 atom stereocenters. The quantitative estimate of drug-likeness (QED) is 0.385. The van der Waals surface area contributed by atoms with Crippen LogP contribution >= 0.6 is 11.6 Å². The summed E-state index contributed by atoms with van der Waals surface area (Å²) >= 11 is 5.70. The number of esters is 1. The van der Waals surface area contributed by atoms with E-state index in [9.17, 15) is 4.79 Å². The van der Waals surface area contributed by atoms with Crippen molar-refractivity contribution in [3.63, 3.8) is 0 Å². The molecule has 2 nitrogen and oxygen atoms in total. The Labute approximate surface area is 77.2 Å². The van der Waals surface area contributed by atoms with Crippen molar-refractivity contribution in [3.8, 4) is 0 Å². The summed E-state index contributed by atoms with van der Waals surface area (Å²) in [5.74, 6) is -0.400. The van der Waals surface area contributed by atoms with Gasteiger partial charge >= 0.3 is 5.97 Å². The van der Waals surface area contributed by atoms with E-state index in [4.69, 9.17) is 11.6 Å². The number of hydrogen-bond acceptors (Lipinski definition) is 2. The fourth-order valence-electron chi connectivity index (χ4n) is 0.502. The molecular formula is C9H11ClO2. The van der Waals surface area contributed by atoms with Gasteiger partial charge in [0.05, 0.1) is 7.11 Å². The molecule has 0 aliphatic carbocycles. The molecule has 3 heteroatoms. The first-order valence-corrected chi connectivity index (χ1v) is 3.74. The van der Waals surface area contributed by atoms with Crippen LogP contribution in [0.25, 0.3) is 0 Å². The van der Waals surface area contributed by atoms with Crippen LogP contribution in [-0.2, 0) is 9.53 Å². The number of allylic oxidation sites excluding steroid dienone is 4. The van der Waals surface area contributed by atoms with Gasteiger partial charge in [0.15, 0.2) is 0 Å². The van der Waals surface area contributed by atoms with E-state index in [1.807, 2.05) is 0 Å². The van der Waals surface area contributed by atoms with E-state index in [2.05, 4.69) is 11.3 Å². The van der Waals surface area contributed by atoms with Gasteiger partial charge in [-0.2, -0.15) is 0 Å². The third-order valence-electron chi connectivity index (χ3n) is 1.23. The summed E-state index contributed by atoms with van der Waals surface area (Å²) in [6.45, 7) is 5.27. The highest BCUT2D eigenvalue weighted by Crippen LogP contribution is 2.10. The lowest BCUT2D eigenvalue weighted by Gasteiger charge is -1.93. The summed E-state index contributed by atoms with van der Waals surface area (Å²) in [5.41, 5.74) is 0.775. The number of halogens is 1. The molecule has 0 saturated heterocycles. The van der Waals surface area contributed by atoms with Gasteiger partial charge in [0.1, 0.15) is 0 Å². The number of methoxy groups -OCH3 is 1. The Balaban J connectivity index is 4.35. The Morgan fingerprint density at radius 1 is 1.50 bits per heavy atom. The molecule has 12 heavy (non-hydrogen) atoms. The molecule has 0 heterocycles. The van der Waals surface area contributed by atoms with Crippen molar-refractivity contribution in [3.05, 3.63) is 35.4 Å². The van der Waals surface area contributed by atoms with Crippen LogP contribution in [0.5, 0.6) is 0 Å². The minimum atomic E-state index is -0.400. The summed E-state index contributed by atoms with van der Waals surface area (Å²) in [5, 5.41) is 0.523. The molecule has 0 aliphatic heterocycles. The lowest BCUT2D eigenvalue weighted by atomic mass is 10.2. The highest BCUT2D eigenvalue weighted by atomic mass is 35.5. The van der Waals surface area contributed by atoms with Crippen LogP contribution in [0.4, 0.5) is 0 Å².